The van der Waals surface area contributed by atoms with Crippen molar-refractivity contribution in [3.8, 4) is 0 Å². The van der Waals surface area contributed by atoms with Crippen molar-refractivity contribution in [2.75, 3.05) is 6.61 Å². The van der Waals surface area contributed by atoms with Crippen LogP contribution in [0.5, 0.6) is 0 Å². The molecule has 1 unspecified atom stereocenters. The molecule has 0 aliphatic rings. The summed E-state index contributed by atoms with van der Waals surface area (Å²) in [7, 11) is 0. The van der Waals surface area contributed by atoms with E-state index in [4.69, 9.17) is 0 Å². The molecule has 1 atom stereocenters. The van der Waals surface area contributed by atoms with E-state index in [-0.39, 0.29) is 0 Å². The molecule has 2 aromatic rings. The van der Waals surface area contributed by atoms with E-state index in [2.05, 4.69) is 0 Å². The van der Waals surface area contributed by atoms with E-state index >= 15 is 0 Å². The number of aliphatic hydroxyl groups is 2. The average molecular weight is 270 g/mol. The minimum absolute atomic E-state index is 0.382. The first kappa shape index (κ1) is 14.4. The predicted molar refractivity (Wildman–Crippen MR) is 77.7 cm³/mol. The molecule has 20 heavy (non-hydrogen) atoms. The molecule has 2 rings (SSSR count). The molecule has 104 valence electrons. The van der Waals surface area contributed by atoms with E-state index in [1.807, 2.05) is 13.8 Å². The van der Waals surface area contributed by atoms with Gasteiger partial charge in [0.1, 0.15) is 0 Å². The molecule has 0 bridgehead atoms. The second kappa shape index (κ2) is 5.57. The SMILES string of the molecule is Cc1ccc(C(=O)C(O)(CO)c2ccc(C)cc2)cc1. The van der Waals surface area contributed by atoms with Crippen LogP contribution in [0, 0.1) is 13.8 Å². The van der Waals surface area contributed by atoms with E-state index < -0.39 is 18.0 Å². The summed E-state index contributed by atoms with van der Waals surface area (Å²) in [5.41, 5.74) is 0.938. The number of rotatable bonds is 4. The largest absolute Gasteiger partial charge is 0.393 e. The average Bonchev–Trinajstić information content (AvgIpc) is 2.47. The minimum Gasteiger partial charge on any atom is -0.393 e. The Balaban J connectivity index is 2.42. The summed E-state index contributed by atoms with van der Waals surface area (Å²) in [5.74, 6) is -0.496. The summed E-state index contributed by atoms with van der Waals surface area (Å²) in [4.78, 5) is 12.5. The van der Waals surface area contributed by atoms with Crippen LogP contribution >= 0.6 is 0 Å². The lowest BCUT2D eigenvalue weighted by atomic mass is 9.86. The highest BCUT2D eigenvalue weighted by Crippen LogP contribution is 2.26. The van der Waals surface area contributed by atoms with Crippen LogP contribution < -0.4 is 0 Å². The zero-order valence-electron chi connectivity index (χ0n) is 11.6. The van der Waals surface area contributed by atoms with Crippen LogP contribution in [0.15, 0.2) is 48.5 Å². The molecule has 0 saturated carbocycles. The molecule has 3 heteroatoms. The van der Waals surface area contributed by atoms with Gasteiger partial charge in [-0.1, -0.05) is 59.7 Å². The number of hydrogen-bond donors (Lipinski definition) is 2. The van der Waals surface area contributed by atoms with Gasteiger partial charge < -0.3 is 10.2 Å². The molecule has 0 saturated heterocycles. The smallest absolute Gasteiger partial charge is 0.201 e. The fourth-order valence-electron chi connectivity index (χ4n) is 2.07. The third kappa shape index (κ3) is 2.64. The molecule has 0 aliphatic carbocycles. The highest BCUT2D eigenvalue weighted by atomic mass is 16.3. The molecule has 0 radical (unpaired) electrons. The Bertz CT molecular complexity index is 599. The predicted octanol–water partition coefficient (Wildman–Crippen LogP) is 2.37. The van der Waals surface area contributed by atoms with Crippen molar-refractivity contribution in [3.05, 3.63) is 70.8 Å². The lowest BCUT2D eigenvalue weighted by Gasteiger charge is -2.25. The molecule has 0 fully saturated rings. The van der Waals surface area contributed by atoms with Crippen LogP contribution in [0.3, 0.4) is 0 Å². The van der Waals surface area contributed by atoms with Gasteiger partial charge in [-0.05, 0) is 19.4 Å². The van der Waals surface area contributed by atoms with Gasteiger partial charge in [-0.3, -0.25) is 4.79 Å². The Morgan fingerprint density at radius 3 is 1.85 bits per heavy atom. The van der Waals surface area contributed by atoms with Gasteiger partial charge in [-0.2, -0.15) is 0 Å². The summed E-state index contributed by atoms with van der Waals surface area (Å²) in [6.45, 7) is 3.19. The summed E-state index contributed by atoms with van der Waals surface area (Å²) in [6.07, 6.45) is 0. The van der Waals surface area contributed by atoms with Crippen molar-refractivity contribution >= 4 is 5.78 Å². The topological polar surface area (TPSA) is 57.5 Å². The maximum absolute atomic E-state index is 12.5. The van der Waals surface area contributed by atoms with Crippen molar-refractivity contribution in [2.24, 2.45) is 0 Å². The first-order valence-corrected chi connectivity index (χ1v) is 6.49. The molecular formula is C17H18O3. The van der Waals surface area contributed by atoms with Gasteiger partial charge in [0, 0.05) is 5.56 Å². The fraction of sp³-hybridized carbons (Fsp3) is 0.235. The first-order valence-electron chi connectivity index (χ1n) is 6.49. The van der Waals surface area contributed by atoms with Gasteiger partial charge in [-0.15, -0.1) is 0 Å². The van der Waals surface area contributed by atoms with E-state index in [0.29, 0.717) is 11.1 Å². The zero-order valence-corrected chi connectivity index (χ0v) is 11.6. The molecule has 2 aromatic carbocycles. The Kier molecular flexibility index (Phi) is 4.02. The number of benzene rings is 2. The number of hydrogen-bond acceptors (Lipinski definition) is 3. The number of carbonyl (C=O) groups excluding carboxylic acids is 1. The van der Waals surface area contributed by atoms with Gasteiger partial charge in [-0.25, -0.2) is 0 Å². The number of carbonyl (C=O) groups is 1. The number of ketones is 1. The third-order valence-electron chi connectivity index (χ3n) is 3.45. The molecule has 0 aliphatic heterocycles. The molecule has 0 amide bonds. The summed E-state index contributed by atoms with van der Waals surface area (Å²) in [6, 6.07) is 13.9. The monoisotopic (exact) mass is 270 g/mol. The number of Topliss-reactive ketones (excluding diaryl/α,β-unsaturated/α-hetero) is 1. The standard InChI is InChI=1S/C17H18O3/c1-12-3-7-14(8-4-12)16(19)17(20,11-18)15-9-5-13(2)6-10-15/h3-10,18,20H,11H2,1-2H3. The fourth-order valence-corrected chi connectivity index (χ4v) is 2.07. The molecule has 0 spiro atoms. The third-order valence-corrected chi connectivity index (χ3v) is 3.45. The Morgan fingerprint density at radius 2 is 1.40 bits per heavy atom. The van der Waals surface area contributed by atoms with Crippen LogP contribution in [-0.2, 0) is 5.60 Å². The minimum atomic E-state index is -1.90. The van der Waals surface area contributed by atoms with Crippen molar-refractivity contribution in [1.29, 1.82) is 0 Å². The van der Waals surface area contributed by atoms with Crippen LogP contribution in [0.2, 0.25) is 0 Å². The molecule has 3 nitrogen and oxygen atoms in total. The zero-order chi connectivity index (χ0) is 14.8. The van der Waals surface area contributed by atoms with Crippen molar-refractivity contribution < 1.29 is 15.0 Å². The van der Waals surface area contributed by atoms with Crippen LogP contribution in [0.1, 0.15) is 27.0 Å². The van der Waals surface area contributed by atoms with Gasteiger partial charge in [0.15, 0.2) is 5.60 Å². The second-order valence-corrected chi connectivity index (χ2v) is 5.08. The molecule has 2 N–H and O–H groups in total. The molecular weight excluding hydrogens is 252 g/mol. The van der Waals surface area contributed by atoms with E-state index in [1.165, 1.54) is 0 Å². The lowest BCUT2D eigenvalue weighted by molar-refractivity contribution is -0.00400. The van der Waals surface area contributed by atoms with Gasteiger partial charge >= 0.3 is 0 Å². The van der Waals surface area contributed by atoms with E-state index in [1.54, 1.807) is 48.5 Å². The molecule has 0 heterocycles. The van der Waals surface area contributed by atoms with E-state index in [0.717, 1.165) is 11.1 Å². The van der Waals surface area contributed by atoms with Crippen molar-refractivity contribution in [1.82, 2.24) is 0 Å². The van der Waals surface area contributed by atoms with Crippen LogP contribution in [0.25, 0.3) is 0 Å². The lowest BCUT2D eigenvalue weighted by Crippen LogP contribution is -2.39. The Morgan fingerprint density at radius 1 is 0.950 bits per heavy atom. The Labute approximate surface area is 118 Å². The summed E-state index contributed by atoms with van der Waals surface area (Å²) >= 11 is 0. The second-order valence-electron chi connectivity index (χ2n) is 5.08. The van der Waals surface area contributed by atoms with Crippen LogP contribution in [-0.4, -0.2) is 22.6 Å². The van der Waals surface area contributed by atoms with Gasteiger partial charge in [0.05, 0.1) is 6.61 Å². The van der Waals surface area contributed by atoms with Gasteiger partial charge in [0.2, 0.25) is 5.78 Å². The van der Waals surface area contributed by atoms with E-state index in [9.17, 15) is 15.0 Å². The van der Waals surface area contributed by atoms with Crippen molar-refractivity contribution in [3.63, 3.8) is 0 Å². The summed E-state index contributed by atoms with van der Waals surface area (Å²) < 4.78 is 0. The highest BCUT2D eigenvalue weighted by molar-refractivity contribution is 6.03. The normalized spacial score (nSPS) is 13.8. The van der Waals surface area contributed by atoms with Crippen LogP contribution in [0.4, 0.5) is 0 Å². The maximum atomic E-state index is 12.5. The quantitative estimate of drug-likeness (QED) is 0.839. The molecule has 0 aromatic heterocycles. The van der Waals surface area contributed by atoms with Crippen molar-refractivity contribution in [2.45, 2.75) is 19.4 Å². The number of aryl methyl sites for hydroxylation is 2. The number of aliphatic hydroxyl groups excluding tert-OH is 1. The maximum Gasteiger partial charge on any atom is 0.201 e. The Hall–Kier alpha value is -1.97. The summed E-state index contributed by atoms with van der Waals surface area (Å²) in [5, 5.41) is 20.1. The first-order chi connectivity index (χ1) is 9.47. The highest BCUT2D eigenvalue weighted by Gasteiger charge is 2.37. The van der Waals surface area contributed by atoms with Gasteiger partial charge in [0.25, 0.3) is 0 Å².